The first-order valence-electron chi connectivity index (χ1n) is 8.20. The molecule has 1 heterocycles. The van der Waals surface area contributed by atoms with Crippen LogP contribution in [0, 0.1) is 5.92 Å². The maximum atomic E-state index is 6.36. The van der Waals surface area contributed by atoms with Gasteiger partial charge in [-0.3, -0.25) is 9.97 Å². The molecule has 0 saturated carbocycles. The number of aryl methyl sites for hydroxylation is 1. The summed E-state index contributed by atoms with van der Waals surface area (Å²) < 4.78 is 0. The van der Waals surface area contributed by atoms with Crippen LogP contribution < -0.4 is 0 Å². The van der Waals surface area contributed by atoms with Crippen LogP contribution in [0.15, 0.2) is 48.8 Å². The second-order valence-corrected chi connectivity index (χ2v) is 7.16. The summed E-state index contributed by atoms with van der Waals surface area (Å²) in [5.74, 6) is 0.867. The maximum Gasteiger partial charge on any atom is 0.0918 e. The Hall–Kier alpha value is -1.64. The van der Waals surface area contributed by atoms with Gasteiger partial charge in [-0.05, 0) is 54.0 Å². The third-order valence-electron chi connectivity index (χ3n) is 4.76. The number of hydrogen-bond donors (Lipinski definition) is 0. The Morgan fingerprint density at radius 2 is 1.79 bits per heavy atom. The van der Waals surface area contributed by atoms with E-state index in [4.69, 9.17) is 23.2 Å². The Labute approximate surface area is 152 Å². The third kappa shape index (κ3) is 3.71. The molecular weight excluding hydrogens is 339 g/mol. The lowest BCUT2D eigenvalue weighted by molar-refractivity contribution is 0.454. The summed E-state index contributed by atoms with van der Waals surface area (Å²) in [5, 5.41) is 1.43. The van der Waals surface area contributed by atoms with Crippen molar-refractivity contribution in [2.75, 3.05) is 0 Å². The van der Waals surface area contributed by atoms with Crippen LogP contribution >= 0.6 is 23.2 Å². The number of para-hydroxylation sites is 1. The van der Waals surface area contributed by atoms with E-state index in [9.17, 15) is 0 Å². The summed E-state index contributed by atoms with van der Waals surface area (Å²) in [4.78, 5) is 8.87. The minimum atomic E-state index is 0.371. The lowest BCUT2D eigenvalue weighted by Gasteiger charge is -2.21. The normalized spacial score (nSPS) is 13.8. The molecular formula is C20H20Cl2N2. The molecule has 0 aliphatic rings. The van der Waals surface area contributed by atoms with Gasteiger partial charge < -0.3 is 0 Å². The molecule has 0 saturated heterocycles. The van der Waals surface area contributed by atoms with Gasteiger partial charge in [0, 0.05) is 22.4 Å². The molecule has 1 aromatic heterocycles. The van der Waals surface area contributed by atoms with Crippen molar-refractivity contribution in [3.63, 3.8) is 0 Å². The van der Waals surface area contributed by atoms with Crippen molar-refractivity contribution >= 4 is 34.2 Å². The summed E-state index contributed by atoms with van der Waals surface area (Å²) in [6, 6.07) is 12.0. The van der Waals surface area contributed by atoms with Gasteiger partial charge in [-0.1, -0.05) is 55.2 Å². The number of hydrogen-bond acceptors (Lipinski definition) is 2. The first-order valence-corrected chi connectivity index (χ1v) is 8.95. The standard InChI is InChI=1S/C20H20Cl2N2/c1-13(14(2)17-9-8-16(21)12-18(17)22)6-7-15-4-3-5-19-20(15)24-11-10-23-19/h3-5,8-14H,6-7H2,1-2H3. The molecule has 2 aromatic carbocycles. The quantitative estimate of drug-likeness (QED) is 0.533. The highest BCUT2D eigenvalue weighted by atomic mass is 35.5. The molecule has 2 atom stereocenters. The number of aromatic nitrogens is 2. The van der Waals surface area contributed by atoms with Crippen LogP contribution in [0.25, 0.3) is 11.0 Å². The minimum absolute atomic E-state index is 0.371. The van der Waals surface area contributed by atoms with Crippen LogP contribution in [-0.4, -0.2) is 9.97 Å². The van der Waals surface area contributed by atoms with E-state index in [-0.39, 0.29) is 0 Å². The van der Waals surface area contributed by atoms with E-state index in [1.54, 1.807) is 12.4 Å². The predicted octanol–water partition coefficient (Wildman–Crippen LogP) is 6.31. The monoisotopic (exact) mass is 358 g/mol. The van der Waals surface area contributed by atoms with Crippen molar-refractivity contribution in [2.45, 2.75) is 32.6 Å². The van der Waals surface area contributed by atoms with E-state index in [0.29, 0.717) is 16.9 Å². The van der Waals surface area contributed by atoms with E-state index < -0.39 is 0 Å². The van der Waals surface area contributed by atoms with Crippen LogP contribution in [0.3, 0.4) is 0 Å². The molecule has 0 aliphatic heterocycles. The Morgan fingerprint density at radius 1 is 1.00 bits per heavy atom. The molecule has 124 valence electrons. The lowest BCUT2D eigenvalue weighted by Crippen LogP contribution is -2.08. The zero-order chi connectivity index (χ0) is 17.1. The van der Waals surface area contributed by atoms with Gasteiger partial charge in [0.05, 0.1) is 11.0 Å². The molecule has 0 spiro atoms. The minimum Gasteiger partial charge on any atom is -0.253 e. The molecule has 0 amide bonds. The summed E-state index contributed by atoms with van der Waals surface area (Å²) in [5.41, 5.74) is 4.37. The first kappa shape index (κ1) is 17.2. The average Bonchev–Trinajstić information content (AvgIpc) is 2.59. The van der Waals surface area contributed by atoms with E-state index in [1.807, 2.05) is 24.3 Å². The van der Waals surface area contributed by atoms with Crippen LogP contribution in [-0.2, 0) is 6.42 Å². The number of halogens is 2. The summed E-state index contributed by atoms with van der Waals surface area (Å²) in [6.07, 6.45) is 5.53. The molecule has 0 N–H and O–H groups in total. The molecule has 2 nitrogen and oxygen atoms in total. The molecule has 24 heavy (non-hydrogen) atoms. The van der Waals surface area contributed by atoms with Gasteiger partial charge in [0.2, 0.25) is 0 Å². The van der Waals surface area contributed by atoms with Gasteiger partial charge in [-0.25, -0.2) is 0 Å². The molecule has 0 fully saturated rings. The highest BCUT2D eigenvalue weighted by molar-refractivity contribution is 6.35. The van der Waals surface area contributed by atoms with Crippen molar-refractivity contribution < 1.29 is 0 Å². The van der Waals surface area contributed by atoms with Gasteiger partial charge in [0.1, 0.15) is 0 Å². The Kier molecular flexibility index (Phi) is 5.37. The molecule has 0 radical (unpaired) electrons. The van der Waals surface area contributed by atoms with E-state index in [0.717, 1.165) is 34.5 Å². The Bertz CT molecular complexity index is 843. The topological polar surface area (TPSA) is 25.8 Å². The number of benzene rings is 2. The van der Waals surface area contributed by atoms with Crippen molar-refractivity contribution in [3.05, 3.63) is 70.0 Å². The van der Waals surface area contributed by atoms with E-state index >= 15 is 0 Å². The zero-order valence-corrected chi connectivity index (χ0v) is 15.3. The van der Waals surface area contributed by atoms with Gasteiger partial charge in [-0.15, -0.1) is 0 Å². The molecule has 0 aliphatic carbocycles. The lowest BCUT2D eigenvalue weighted by atomic mass is 9.85. The van der Waals surface area contributed by atoms with Crippen LogP contribution in [0.2, 0.25) is 10.0 Å². The van der Waals surface area contributed by atoms with Crippen molar-refractivity contribution in [1.29, 1.82) is 0 Å². The number of nitrogens with zero attached hydrogens (tertiary/aromatic N) is 2. The zero-order valence-electron chi connectivity index (χ0n) is 13.8. The smallest absolute Gasteiger partial charge is 0.0918 e. The van der Waals surface area contributed by atoms with E-state index in [1.165, 1.54) is 5.56 Å². The second-order valence-electron chi connectivity index (χ2n) is 6.31. The molecule has 3 aromatic rings. The fraction of sp³-hybridized carbons (Fsp3) is 0.300. The highest BCUT2D eigenvalue weighted by Crippen LogP contribution is 2.34. The number of fused-ring (bicyclic) bond motifs is 1. The second kappa shape index (κ2) is 7.50. The molecule has 2 unspecified atom stereocenters. The first-order chi connectivity index (χ1) is 11.6. The summed E-state index contributed by atoms with van der Waals surface area (Å²) in [6.45, 7) is 4.50. The van der Waals surface area contributed by atoms with Crippen LogP contribution in [0.1, 0.15) is 37.3 Å². The maximum absolute atomic E-state index is 6.36. The van der Waals surface area contributed by atoms with E-state index in [2.05, 4.69) is 35.9 Å². The highest BCUT2D eigenvalue weighted by Gasteiger charge is 2.17. The fourth-order valence-corrected chi connectivity index (χ4v) is 3.65. The predicted molar refractivity (Wildman–Crippen MR) is 102 cm³/mol. The van der Waals surface area contributed by atoms with Gasteiger partial charge in [0.15, 0.2) is 0 Å². The van der Waals surface area contributed by atoms with Crippen molar-refractivity contribution in [1.82, 2.24) is 9.97 Å². The van der Waals surface area contributed by atoms with Crippen LogP contribution in [0.5, 0.6) is 0 Å². The summed E-state index contributed by atoms with van der Waals surface area (Å²) >= 11 is 12.4. The van der Waals surface area contributed by atoms with Crippen LogP contribution in [0.4, 0.5) is 0 Å². The Morgan fingerprint density at radius 3 is 2.58 bits per heavy atom. The largest absolute Gasteiger partial charge is 0.253 e. The summed E-state index contributed by atoms with van der Waals surface area (Å²) in [7, 11) is 0. The van der Waals surface area contributed by atoms with Gasteiger partial charge in [-0.2, -0.15) is 0 Å². The third-order valence-corrected chi connectivity index (χ3v) is 5.32. The van der Waals surface area contributed by atoms with Gasteiger partial charge >= 0.3 is 0 Å². The number of rotatable bonds is 5. The van der Waals surface area contributed by atoms with Crippen molar-refractivity contribution in [2.24, 2.45) is 5.92 Å². The molecule has 0 bridgehead atoms. The van der Waals surface area contributed by atoms with Gasteiger partial charge in [0.25, 0.3) is 0 Å². The average molecular weight is 359 g/mol. The van der Waals surface area contributed by atoms with Crippen molar-refractivity contribution in [3.8, 4) is 0 Å². The Balaban J connectivity index is 1.73. The SMILES string of the molecule is CC(CCc1cccc2nccnc12)C(C)c1ccc(Cl)cc1Cl. The molecule has 3 rings (SSSR count). The fourth-order valence-electron chi connectivity index (χ4n) is 3.06. The molecule has 4 heteroatoms.